The van der Waals surface area contributed by atoms with Gasteiger partial charge < -0.3 is 10.1 Å². The number of sulfonamides is 1. The van der Waals surface area contributed by atoms with Gasteiger partial charge in [-0.25, -0.2) is 8.42 Å². The van der Waals surface area contributed by atoms with E-state index in [2.05, 4.69) is 10.0 Å². The molecule has 0 aliphatic heterocycles. The molecule has 0 heterocycles. The Labute approximate surface area is 146 Å². The molecule has 0 aliphatic carbocycles. The van der Waals surface area contributed by atoms with Gasteiger partial charge in [0.1, 0.15) is 0 Å². The van der Waals surface area contributed by atoms with E-state index in [0.717, 1.165) is 0 Å². The van der Waals surface area contributed by atoms with Crippen LogP contribution in [0.4, 0.5) is 5.69 Å². The average Bonchev–Trinajstić information content (AvgIpc) is 2.62. The van der Waals surface area contributed by atoms with E-state index in [-0.39, 0.29) is 10.8 Å². The third kappa shape index (κ3) is 5.04. The first-order chi connectivity index (χ1) is 12.0. The SMILES string of the molecule is COCCNC(=O)c1ccc(S(=O)(=O)Nc2ccc(C#N)cc2)cc1. The monoisotopic (exact) mass is 359 g/mol. The molecule has 2 aromatic rings. The van der Waals surface area contributed by atoms with Gasteiger partial charge in [0.2, 0.25) is 0 Å². The predicted molar refractivity (Wildman–Crippen MR) is 92.6 cm³/mol. The number of ether oxygens (including phenoxy) is 1. The van der Waals surface area contributed by atoms with Gasteiger partial charge in [-0.2, -0.15) is 5.26 Å². The van der Waals surface area contributed by atoms with Crippen molar-refractivity contribution in [2.75, 3.05) is 25.0 Å². The molecule has 0 spiro atoms. The Kier molecular flexibility index (Phi) is 6.11. The second-order valence-corrected chi connectivity index (χ2v) is 6.75. The molecule has 0 aliphatic rings. The first-order valence-electron chi connectivity index (χ1n) is 7.36. The van der Waals surface area contributed by atoms with Crippen molar-refractivity contribution in [2.45, 2.75) is 4.90 Å². The van der Waals surface area contributed by atoms with E-state index in [1.54, 1.807) is 0 Å². The van der Waals surface area contributed by atoms with Crippen molar-refractivity contribution >= 4 is 21.6 Å². The predicted octanol–water partition coefficient (Wildman–Crippen LogP) is 1.74. The van der Waals surface area contributed by atoms with E-state index < -0.39 is 10.0 Å². The van der Waals surface area contributed by atoms with Gasteiger partial charge in [0, 0.05) is 24.9 Å². The van der Waals surface area contributed by atoms with Crippen LogP contribution in [0.5, 0.6) is 0 Å². The first kappa shape index (κ1) is 18.4. The van der Waals surface area contributed by atoms with Gasteiger partial charge in [0.05, 0.1) is 23.1 Å². The van der Waals surface area contributed by atoms with Crippen LogP contribution in [0.3, 0.4) is 0 Å². The molecule has 2 rings (SSSR count). The zero-order valence-electron chi connectivity index (χ0n) is 13.5. The van der Waals surface area contributed by atoms with Gasteiger partial charge >= 0.3 is 0 Å². The quantitative estimate of drug-likeness (QED) is 0.732. The highest BCUT2D eigenvalue weighted by molar-refractivity contribution is 7.92. The molecule has 25 heavy (non-hydrogen) atoms. The molecule has 7 nitrogen and oxygen atoms in total. The summed E-state index contributed by atoms with van der Waals surface area (Å²) in [5.74, 6) is -0.305. The summed E-state index contributed by atoms with van der Waals surface area (Å²) in [5, 5.41) is 11.4. The number of benzene rings is 2. The van der Waals surface area contributed by atoms with Gasteiger partial charge in [0.15, 0.2) is 0 Å². The van der Waals surface area contributed by atoms with Crippen molar-refractivity contribution in [3.63, 3.8) is 0 Å². The minimum Gasteiger partial charge on any atom is -0.383 e. The molecule has 130 valence electrons. The van der Waals surface area contributed by atoms with Crippen molar-refractivity contribution in [3.05, 3.63) is 59.7 Å². The lowest BCUT2D eigenvalue weighted by atomic mass is 10.2. The number of nitrogens with zero attached hydrogens (tertiary/aromatic N) is 1. The normalized spacial score (nSPS) is 10.7. The Hall–Kier alpha value is -2.89. The molecule has 0 bridgehead atoms. The maximum absolute atomic E-state index is 12.4. The highest BCUT2D eigenvalue weighted by atomic mass is 32.2. The lowest BCUT2D eigenvalue weighted by Gasteiger charge is -2.09. The fourth-order valence-electron chi connectivity index (χ4n) is 1.98. The Morgan fingerprint density at radius 3 is 2.32 bits per heavy atom. The molecule has 0 atom stereocenters. The lowest BCUT2D eigenvalue weighted by Crippen LogP contribution is -2.26. The largest absolute Gasteiger partial charge is 0.383 e. The van der Waals surface area contributed by atoms with Crippen LogP contribution < -0.4 is 10.0 Å². The van der Waals surface area contributed by atoms with Gasteiger partial charge in [-0.15, -0.1) is 0 Å². The fourth-order valence-corrected chi connectivity index (χ4v) is 3.04. The lowest BCUT2D eigenvalue weighted by molar-refractivity contribution is 0.0937. The molecule has 0 unspecified atom stereocenters. The number of methoxy groups -OCH3 is 1. The molecule has 0 radical (unpaired) electrons. The van der Waals surface area contributed by atoms with Crippen molar-refractivity contribution in [3.8, 4) is 6.07 Å². The minimum atomic E-state index is -3.78. The summed E-state index contributed by atoms with van der Waals surface area (Å²) in [7, 11) is -2.25. The first-order valence-corrected chi connectivity index (χ1v) is 8.85. The van der Waals surface area contributed by atoms with E-state index in [1.807, 2.05) is 6.07 Å². The molecule has 0 fully saturated rings. The average molecular weight is 359 g/mol. The summed E-state index contributed by atoms with van der Waals surface area (Å²) >= 11 is 0. The number of hydrogen-bond acceptors (Lipinski definition) is 5. The van der Waals surface area contributed by atoms with E-state index >= 15 is 0 Å². The smallest absolute Gasteiger partial charge is 0.261 e. The molecule has 0 saturated heterocycles. The summed E-state index contributed by atoms with van der Waals surface area (Å²) in [5.41, 5.74) is 1.14. The van der Waals surface area contributed by atoms with E-state index in [0.29, 0.717) is 30.0 Å². The summed E-state index contributed by atoms with van der Waals surface area (Å²) in [4.78, 5) is 11.9. The van der Waals surface area contributed by atoms with Crippen LogP contribution in [0, 0.1) is 11.3 Å². The Morgan fingerprint density at radius 2 is 1.76 bits per heavy atom. The maximum atomic E-state index is 12.4. The zero-order valence-corrected chi connectivity index (χ0v) is 14.3. The van der Waals surface area contributed by atoms with Gasteiger partial charge in [-0.1, -0.05) is 0 Å². The highest BCUT2D eigenvalue weighted by Gasteiger charge is 2.15. The van der Waals surface area contributed by atoms with Crippen LogP contribution in [0.1, 0.15) is 15.9 Å². The summed E-state index contributed by atoms with van der Waals surface area (Å²) < 4.78 is 32.0. The van der Waals surface area contributed by atoms with Crippen molar-refractivity contribution < 1.29 is 17.9 Å². The third-order valence-electron chi connectivity index (χ3n) is 3.28. The zero-order chi connectivity index (χ0) is 18.3. The number of nitrogens with one attached hydrogen (secondary N) is 2. The number of hydrogen-bond donors (Lipinski definition) is 2. The van der Waals surface area contributed by atoms with Crippen molar-refractivity contribution in [1.29, 1.82) is 5.26 Å². The molecule has 8 heteroatoms. The fraction of sp³-hybridized carbons (Fsp3) is 0.176. The van der Waals surface area contributed by atoms with Crippen LogP contribution in [0.2, 0.25) is 0 Å². The highest BCUT2D eigenvalue weighted by Crippen LogP contribution is 2.17. The number of nitriles is 1. The number of anilines is 1. The van der Waals surface area contributed by atoms with E-state index in [4.69, 9.17) is 10.00 Å². The van der Waals surface area contributed by atoms with Crippen LogP contribution in [-0.4, -0.2) is 34.6 Å². The number of amides is 1. The molecular weight excluding hydrogens is 342 g/mol. The van der Waals surface area contributed by atoms with Crippen molar-refractivity contribution in [2.24, 2.45) is 0 Å². The van der Waals surface area contributed by atoms with Crippen LogP contribution in [0.15, 0.2) is 53.4 Å². The number of carbonyl (C=O) groups excluding carboxylic acids is 1. The second kappa shape index (κ2) is 8.28. The van der Waals surface area contributed by atoms with Gasteiger partial charge in [-0.05, 0) is 48.5 Å². The molecule has 0 aromatic heterocycles. The molecule has 2 N–H and O–H groups in total. The maximum Gasteiger partial charge on any atom is 0.261 e. The summed E-state index contributed by atoms with van der Waals surface area (Å²) in [6.07, 6.45) is 0. The van der Waals surface area contributed by atoms with Crippen LogP contribution in [-0.2, 0) is 14.8 Å². The number of rotatable bonds is 7. The minimum absolute atomic E-state index is 0.0327. The van der Waals surface area contributed by atoms with Crippen molar-refractivity contribution in [1.82, 2.24) is 5.32 Å². The summed E-state index contributed by atoms with van der Waals surface area (Å²) in [6, 6.07) is 13.6. The molecule has 2 aromatic carbocycles. The second-order valence-electron chi connectivity index (χ2n) is 5.07. The molecule has 1 amide bonds. The van der Waals surface area contributed by atoms with Gasteiger partial charge in [-0.3, -0.25) is 9.52 Å². The molecule has 0 saturated carbocycles. The van der Waals surface area contributed by atoms with Crippen LogP contribution >= 0.6 is 0 Å². The topological polar surface area (TPSA) is 108 Å². The molecular formula is C17H17N3O4S. The summed E-state index contributed by atoms with van der Waals surface area (Å²) in [6.45, 7) is 0.766. The standard InChI is InChI=1S/C17H17N3O4S/c1-24-11-10-19-17(21)14-4-8-16(9-5-14)25(22,23)20-15-6-2-13(12-18)3-7-15/h2-9,20H,10-11H2,1H3,(H,19,21). The Morgan fingerprint density at radius 1 is 1.12 bits per heavy atom. The Balaban J connectivity index is 2.09. The number of carbonyl (C=O) groups is 1. The van der Waals surface area contributed by atoms with Crippen LogP contribution in [0.25, 0.3) is 0 Å². The third-order valence-corrected chi connectivity index (χ3v) is 4.68. The van der Waals surface area contributed by atoms with Gasteiger partial charge in [0.25, 0.3) is 15.9 Å². The van der Waals surface area contributed by atoms with E-state index in [1.165, 1.54) is 55.6 Å². The van der Waals surface area contributed by atoms with E-state index in [9.17, 15) is 13.2 Å². The Bertz CT molecular complexity index is 870.